The predicted molar refractivity (Wildman–Crippen MR) is 53.5 cm³/mol. The summed E-state index contributed by atoms with van der Waals surface area (Å²) in [5, 5.41) is 0.151. The van der Waals surface area contributed by atoms with Gasteiger partial charge >= 0.3 is 0 Å². The number of amides is 2. The van der Waals surface area contributed by atoms with Gasteiger partial charge in [-0.25, -0.2) is 0 Å². The average molecular weight is 228 g/mol. The molecule has 0 spiro atoms. The Labute approximate surface area is 91.8 Å². The van der Waals surface area contributed by atoms with Gasteiger partial charge in [0, 0.05) is 13.0 Å². The molecule has 0 aromatic carbocycles. The molecule has 2 rings (SSSR count). The second-order valence-electron chi connectivity index (χ2n) is 3.72. The van der Waals surface area contributed by atoms with Gasteiger partial charge in [0.2, 0.25) is 5.91 Å². The number of imide groups is 1. The molecule has 1 aliphatic rings. The summed E-state index contributed by atoms with van der Waals surface area (Å²) in [7, 11) is 0. The lowest BCUT2D eigenvalue weighted by Gasteiger charge is -2.11. The molecule has 0 bridgehead atoms. The molecule has 4 nitrogen and oxygen atoms in total. The Bertz CT molecular complexity index is 413. The largest absolute Gasteiger partial charge is 0.440 e. The van der Waals surface area contributed by atoms with Crippen molar-refractivity contribution in [2.75, 3.05) is 6.54 Å². The lowest BCUT2D eigenvalue weighted by Crippen LogP contribution is -2.31. The summed E-state index contributed by atoms with van der Waals surface area (Å²) < 4.78 is 4.96. The summed E-state index contributed by atoms with van der Waals surface area (Å²) in [6.45, 7) is 2.39. The van der Waals surface area contributed by atoms with Crippen molar-refractivity contribution < 1.29 is 14.0 Å². The van der Waals surface area contributed by atoms with Crippen LogP contribution in [0, 0.1) is 5.92 Å². The van der Waals surface area contributed by atoms with Crippen LogP contribution in [0.2, 0.25) is 5.22 Å². The first-order valence-electron chi connectivity index (χ1n) is 4.68. The lowest BCUT2D eigenvalue weighted by molar-refractivity contribution is -0.125. The van der Waals surface area contributed by atoms with Gasteiger partial charge in [-0.3, -0.25) is 14.5 Å². The van der Waals surface area contributed by atoms with Crippen molar-refractivity contribution in [1.29, 1.82) is 0 Å². The smallest absolute Gasteiger partial charge is 0.296 e. The first-order valence-corrected chi connectivity index (χ1v) is 5.05. The highest BCUT2D eigenvalue weighted by atomic mass is 35.5. The van der Waals surface area contributed by atoms with Crippen LogP contribution in [0.3, 0.4) is 0 Å². The molecule has 80 valence electrons. The van der Waals surface area contributed by atoms with Gasteiger partial charge in [-0.2, -0.15) is 0 Å². The Morgan fingerprint density at radius 1 is 1.60 bits per heavy atom. The van der Waals surface area contributed by atoms with Crippen LogP contribution in [0.5, 0.6) is 0 Å². The highest BCUT2D eigenvalue weighted by Gasteiger charge is 2.33. The van der Waals surface area contributed by atoms with Crippen LogP contribution in [0.4, 0.5) is 0 Å². The zero-order valence-corrected chi connectivity index (χ0v) is 8.95. The first kappa shape index (κ1) is 10.2. The summed E-state index contributed by atoms with van der Waals surface area (Å²) in [5.74, 6) is -0.231. The van der Waals surface area contributed by atoms with Crippen molar-refractivity contribution >= 4 is 23.4 Å². The minimum absolute atomic E-state index is 0.113. The molecule has 1 unspecified atom stereocenters. The molecule has 0 aliphatic carbocycles. The molecule has 1 saturated heterocycles. The minimum Gasteiger partial charge on any atom is -0.440 e. The number of likely N-dealkylation sites (tertiary alicyclic amines) is 1. The minimum atomic E-state index is -0.406. The molecule has 1 aromatic heterocycles. The van der Waals surface area contributed by atoms with Crippen LogP contribution in [-0.4, -0.2) is 23.3 Å². The Kier molecular flexibility index (Phi) is 2.52. The fourth-order valence-electron chi connectivity index (χ4n) is 1.64. The Balaban J connectivity index is 2.18. The molecular weight excluding hydrogens is 218 g/mol. The number of hydrogen-bond acceptors (Lipinski definition) is 3. The molecule has 1 atom stereocenters. The van der Waals surface area contributed by atoms with Crippen molar-refractivity contribution in [2.24, 2.45) is 5.92 Å². The summed E-state index contributed by atoms with van der Waals surface area (Å²) in [4.78, 5) is 24.4. The van der Waals surface area contributed by atoms with Crippen molar-refractivity contribution in [3.05, 3.63) is 23.1 Å². The Hall–Kier alpha value is -1.29. The van der Waals surface area contributed by atoms with Gasteiger partial charge in [0.1, 0.15) is 0 Å². The summed E-state index contributed by atoms with van der Waals surface area (Å²) in [6.07, 6.45) is 0.417. The SMILES string of the molecule is CC1CC(=O)N(C(=O)c2ccc(Cl)o2)C1. The number of rotatable bonds is 1. The van der Waals surface area contributed by atoms with E-state index in [-0.39, 0.29) is 22.8 Å². The Morgan fingerprint density at radius 3 is 2.80 bits per heavy atom. The van der Waals surface area contributed by atoms with Crippen LogP contribution in [-0.2, 0) is 4.79 Å². The van der Waals surface area contributed by atoms with E-state index in [0.717, 1.165) is 0 Å². The van der Waals surface area contributed by atoms with Gasteiger partial charge in [-0.05, 0) is 29.7 Å². The van der Waals surface area contributed by atoms with Gasteiger partial charge in [0.05, 0.1) is 0 Å². The van der Waals surface area contributed by atoms with Crippen LogP contribution in [0.1, 0.15) is 23.9 Å². The van der Waals surface area contributed by atoms with Gasteiger partial charge < -0.3 is 4.42 Å². The van der Waals surface area contributed by atoms with E-state index in [4.69, 9.17) is 16.0 Å². The van der Waals surface area contributed by atoms with E-state index in [1.54, 1.807) is 0 Å². The van der Waals surface area contributed by atoms with Crippen LogP contribution in [0.15, 0.2) is 16.5 Å². The fourth-order valence-corrected chi connectivity index (χ4v) is 1.79. The monoisotopic (exact) mass is 227 g/mol. The number of halogens is 1. The number of hydrogen-bond donors (Lipinski definition) is 0. The van der Waals surface area contributed by atoms with E-state index in [0.29, 0.717) is 13.0 Å². The summed E-state index contributed by atoms with van der Waals surface area (Å²) >= 11 is 5.55. The molecule has 0 radical (unpaired) electrons. The van der Waals surface area contributed by atoms with E-state index in [9.17, 15) is 9.59 Å². The van der Waals surface area contributed by atoms with Crippen molar-refractivity contribution in [1.82, 2.24) is 4.90 Å². The van der Waals surface area contributed by atoms with Gasteiger partial charge in [0.15, 0.2) is 11.0 Å². The quantitative estimate of drug-likeness (QED) is 0.689. The molecule has 2 amide bonds. The van der Waals surface area contributed by atoms with Gasteiger partial charge in [0.25, 0.3) is 5.91 Å². The third-order valence-electron chi connectivity index (χ3n) is 2.35. The van der Waals surface area contributed by atoms with Crippen molar-refractivity contribution in [3.63, 3.8) is 0 Å². The second-order valence-corrected chi connectivity index (χ2v) is 4.10. The van der Waals surface area contributed by atoms with Crippen LogP contribution >= 0.6 is 11.6 Å². The molecule has 0 saturated carbocycles. The highest BCUT2D eigenvalue weighted by molar-refractivity contribution is 6.29. The molecule has 15 heavy (non-hydrogen) atoms. The summed E-state index contributed by atoms with van der Waals surface area (Å²) in [6, 6.07) is 2.96. The van der Waals surface area contributed by atoms with Crippen LogP contribution < -0.4 is 0 Å². The number of carbonyl (C=O) groups is 2. The van der Waals surface area contributed by atoms with Crippen molar-refractivity contribution in [3.8, 4) is 0 Å². The zero-order valence-electron chi connectivity index (χ0n) is 8.20. The highest BCUT2D eigenvalue weighted by Crippen LogP contribution is 2.21. The van der Waals surface area contributed by atoms with E-state index >= 15 is 0 Å². The number of nitrogens with zero attached hydrogens (tertiary/aromatic N) is 1. The average Bonchev–Trinajstić information content (AvgIpc) is 2.71. The van der Waals surface area contributed by atoms with E-state index in [1.807, 2.05) is 6.92 Å². The van der Waals surface area contributed by atoms with E-state index in [1.165, 1.54) is 17.0 Å². The topological polar surface area (TPSA) is 50.5 Å². The van der Waals surface area contributed by atoms with E-state index in [2.05, 4.69) is 0 Å². The van der Waals surface area contributed by atoms with Crippen LogP contribution in [0.25, 0.3) is 0 Å². The number of carbonyl (C=O) groups excluding carboxylic acids is 2. The Morgan fingerprint density at radius 2 is 2.33 bits per heavy atom. The molecule has 1 aliphatic heterocycles. The zero-order chi connectivity index (χ0) is 11.0. The molecule has 1 fully saturated rings. The maximum atomic E-state index is 11.8. The second kappa shape index (κ2) is 3.70. The molecule has 0 N–H and O–H groups in total. The third kappa shape index (κ3) is 1.90. The third-order valence-corrected chi connectivity index (χ3v) is 2.55. The maximum absolute atomic E-state index is 11.8. The fraction of sp³-hybridized carbons (Fsp3) is 0.400. The van der Waals surface area contributed by atoms with Gasteiger partial charge in [-0.1, -0.05) is 6.92 Å². The molecule has 1 aromatic rings. The van der Waals surface area contributed by atoms with Crippen molar-refractivity contribution in [2.45, 2.75) is 13.3 Å². The first-order chi connectivity index (χ1) is 7.08. The number of furan rings is 1. The normalized spacial score (nSPS) is 21.1. The molecule has 5 heteroatoms. The van der Waals surface area contributed by atoms with Gasteiger partial charge in [-0.15, -0.1) is 0 Å². The summed E-state index contributed by atoms with van der Waals surface area (Å²) in [5.41, 5.74) is 0. The molecule has 2 heterocycles. The predicted octanol–water partition coefficient (Wildman–Crippen LogP) is 1.94. The molecular formula is C10H10ClNO3. The van der Waals surface area contributed by atoms with E-state index < -0.39 is 5.91 Å². The lowest BCUT2D eigenvalue weighted by atomic mass is 10.2. The maximum Gasteiger partial charge on any atom is 0.296 e. The standard InChI is InChI=1S/C10H10ClNO3/c1-6-4-9(13)12(5-6)10(14)7-2-3-8(11)15-7/h2-3,6H,4-5H2,1H3.